The van der Waals surface area contributed by atoms with Crippen LogP contribution in [-0.2, 0) is 23.9 Å². The third kappa shape index (κ3) is 7.29. The van der Waals surface area contributed by atoms with E-state index in [1.165, 1.54) is 0 Å². The Hall–Kier alpha value is -2.41. The summed E-state index contributed by atoms with van der Waals surface area (Å²) >= 11 is 0. The van der Waals surface area contributed by atoms with Crippen molar-refractivity contribution in [3.05, 3.63) is 35.5 Å². The van der Waals surface area contributed by atoms with Crippen molar-refractivity contribution in [1.29, 1.82) is 0 Å². The lowest BCUT2D eigenvalue weighted by Crippen LogP contribution is -2.52. The molecule has 1 aliphatic heterocycles. The van der Waals surface area contributed by atoms with Crippen molar-refractivity contribution in [1.82, 2.24) is 5.32 Å². The summed E-state index contributed by atoms with van der Waals surface area (Å²) in [5.74, 6) is -1.33. The van der Waals surface area contributed by atoms with Crippen LogP contribution in [0.25, 0.3) is 0 Å². The molecule has 1 aliphatic carbocycles. The van der Waals surface area contributed by atoms with Gasteiger partial charge in [-0.2, -0.15) is 0 Å². The van der Waals surface area contributed by atoms with Gasteiger partial charge in [-0.1, -0.05) is 52.3 Å². The molecule has 0 aromatic heterocycles. The zero-order valence-electron chi connectivity index (χ0n) is 20.7. The maximum absolute atomic E-state index is 12.8. The Bertz CT molecular complexity index is 813. The van der Waals surface area contributed by atoms with Gasteiger partial charge in [0.05, 0.1) is 6.04 Å². The van der Waals surface area contributed by atoms with E-state index >= 15 is 0 Å². The fraction of sp³-hybridized carbons (Fsp3) is 0.654. The van der Waals surface area contributed by atoms with Gasteiger partial charge in [0.25, 0.3) is 0 Å². The fourth-order valence-corrected chi connectivity index (χ4v) is 4.07. The lowest BCUT2D eigenvalue weighted by Gasteiger charge is -2.25. The molecule has 1 amide bonds. The minimum atomic E-state index is -0.761. The predicted octanol–water partition coefficient (Wildman–Crippen LogP) is 3.59. The van der Waals surface area contributed by atoms with Crippen LogP contribution in [0.4, 0.5) is 0 Å². The molecule has 2 aliphatic rings. The summed E-state index contributed by atoms with van der Waals surface area (Å²) in [5.41, 5.74) is 8.68. The van der Waals surface area contributed by atoms with E-state index in [2.05, 4.69) is 18.0 Å². The number of hydrogen-bond donors (Lipinski definition) is 2. The smallest absolute Gasteiger partial charge is 0.334 e. The van der Waals surface area contributed by atoms with Crippen LogP contribution in [0.1, 0.15) is 66.7 Å². The third-order valence-corrected chi connectivity index (χ3v) is 6.72. The van der Waals surface area contributed by atoms with Crippen LogP contribution in [0, 0.1) is 17.8 Å². The van der Waals surface area contributed by atoms with Crippen LogP contribution in [0.2, 0.25) is 0 Å². The number of nitrogens with one attached hydrogen (secondary N) is 1. The first-order chi connectivity index (χ1) is 15.5. The minimum absolute atomic E-state index is 0.0180. The second-order valence-corrected chi connectivity index (χ2v) is 9.70. The van der Waals surface area contributed by atoms with Crippen LogP contribution in [-0.4, -0.2) is 42.6 Å². The lowest BCUT2D eigenvalue weighted by atomic mass is 9.88. The summed E-state index contributed by atoms with van der Waals surface area (Å²) in [6.07, 6.45) is 7.65. The lowest BCUT2D eigenvalue weighted by molar-refractivity contribution is -0.148. The first kappa shape index (κ1) is 26.8. The van der Waals surface area contributed by atoms with Crippen molar-refractivity contribution in [2.75, 3.05) is 6.61 Å². The van der Waals surface area contributed by atoms with E-state index in [4.69, 9.17) is 15.2 Å². The normalized spacial score (nSPS) is 27.2. The maximum atomic E-state index is 12.8. The number of amides is 1. The van der Waals surface area contributed by atoms with Gasteiger partial charge >= 0.3 is 11.9 Å². The second-order valence-electron chi connectivity index (χ2n) is 9.70. The van der Waals surface area contributed by atoms with E-state index in [0.29, 0.717) is 18.4 Å². The quantitative estimate of drug-likeness (QED) is 0.326. The molecule has 0 aromatic carbocycles. The highest BCUT2D eigenvalue weighted by Gasteiger charge is 2.37. The zero-order chi connectivity index (χ0) is 24.7. The number of fused-ring (bicyclic) bond motifs is 1. The summed E-state index contributed by atoms with van der Waals surface area (Å²) in [4.78, 5) is 37.3. The number of ether oxygens (including phenoxy) is 2. The van der Waals surface area contributed by atoms with Gasteiger partial charge in [-0.15, -0.1) is 0 Å². The molecule has 7 heteroatoms. The Morgan fingerprint density at radius 1 is 1.30 bits per heavy atom. The average Bonchev–Trinajstić information content (AvgIpc) is 3.03. The van der Waals surface area contributed by atoms with Crippen molar-refractivity contribution < 1.29 is 23.9 Å². The van der Waals surface area contributed by atoms with Gasteiger partial charge in [-0.05, 0) is 56.1 Å². The number of esters is 2. The van der Waals surface area contributed by atoms with Crippen LogP contribution in [0.15, 0.2) is 35.5 Å². The molecule has 0 aromatic rings. The fourth-order valence-electron chi connectivity index (χ4n) is 4.07. The molecule has 0 bridgehead atoms. The molecule has 2 rings (SSSR count). The highest BCUT2D eigenvalue weighted by Crippen LogP contribution is 2.34. The zero-order valence-corrected chi connectivity index (χ0v) is 20.7. The standard InChI is InChI=1S/C26H40N2O5/c1-7-17(5)22(27)24(29)28-23(15(2)3)26(31)32-14-19-10-8-9-16(4)13-21-20(12-11-19)18(6)25(30)33-21/h10,13,15,17,20-23H,6-9,11-12,14,27H2,1-5H3,(H,28,29)/b16-13+,19-10+/t17-,20-,21+,22-,23-/m0/s1. The van der Waals surface area contributed by atoms with Crippen molar-refractivity contribution in [2.24, 2.45) is 23.5 Å². The van der Waals surface area contributed by atoms with E-state index in [1.807, 2.05) is 40.7 Å². The van der Waals surface area contributed by atoms with Crippen LogP contribution >= 0.6 is 0 Å². The molecule has 1 saturated heterocycles. The van der Waals surface area contributed by atoms with E-state index in [1.54, 1.807) is 0 Å². The number of allylic oxidation sites excluding steroid dienone is 2. The topological polar surface area (TPSA) is 108 Å². The first-order valence-electron chi connectivity index (χ1n) is 12.0. The van der Waals surface area contributed by atoms with Crippen molar-refractivity contribution in [3.8, 4) is 0 Å². The molecular formula is C26H40N2O5. The van der Waals surface area contributed by atoms with Gasteiger partial charge in [0, 0.05) is 11.5 Å². The van der Waals surface area contributed by atoms with Crippen molar-refractivity contribution in [3.63, 3.8) is 0 Å². The SMILES string of the molecule is C=C1C(=O)O[C@@H]2/C=C(\C)CC/C=C(/COC(=O)[C@@H](NC(=O)[C@@H](N)[C@@H](C)CC)C(C)C)CC[C@@H]12. The molecule has 1 heterocycles. The molecule has 0 saturated carbocycles. The van der Waals surface area contributed by atoms with E-state index in [0.717, 1.165) is 30.4 Å². The Morgan fingerprint density at radius 2 is 2.00 bits per heavy atom. The van der Waals surface area contributed by atoms with Gasteiger partial charge < -0.3 is 20.5 Å². The van der Waals surface area contributed by atoms with E-state index in [-0.39, 0.29) is 42.3 Å². The Balaban J connectivity index is 2.02. The maximum Gasteiger partial charge on any atom is 0.334 e. The van der Waals surface area contributed by atoms with Crippen molar-refractivity contribution in [2.45, 2.75) is 84.9 Å². The Morgan fingerprint density at radius 3 is 2.64 bits per heavy atom. The molecule has 0 unspecified atom stereocenters. The molecular weight excluding hydrogens is 420 g/mol. The number of hydrogen-bond acceptors (Lipinski definition) is 6. The molecule has 0 spiro atoms. The van der Waals surface area contributed by atoms with Gasteiger partial charge in [0.1, 0.15) is 18.8 Å². The average molecular weight is 461 g/mol. The molecule has 184 valence electrons. The van der Waals surface area contributed by atoms with Crippen LogP contribution < -0.4 is 11.1 Å². The molecule has 33 heavy (non-hydrogen) atoms. The monoisotopic (exact) mass is 460 g/mol. The van der Waals surface area contributed by atoms with Gasteiger partial charge in [0.15, 0.2) is 0 Å². The minimum Gasteiger partial charge on any atom is -0.460 e. The number of carbonyl (C=O) groups excluding carboxylic acids is 3. The third-order valence-electron chi connectivity index (χ3n) is 6.72. The Labute approximate surface area is 197 Å². The molecule has 1 fully saturated rings. The molecule has 7 nitrogen and oxygen atoms in total. The second kappa shape index (κ2) is 12.2. The summed E-state index contributed by atoms with van der Waals surface area (Å²) < 4.78 is 11.1. The van der Waals surface area contributed by atoms with E-state index < -0.39 is 18.1 Å². The van der Waals surface area contributed by atoms with Crippen molar-refractivity contribution >= 4 is 17.8 Å². The van der Waals surface area contributed by atoms with Gasteiger partial charge in [0.2, 0.25) is 5.91 Å². The van der Waals surface area contributed by atoms with Crippen LogP contribution in [0.3, 0.4) is 0 Å². The van der Waals surface area contributed by atoms with Crippen LogP contribution in [0.5, 0.6) is 0 Å². The number of nitrogens with two attached hydrogens (primary N) is 1. The first-order valence-corrected chi connectivity index (χ1v) is 12.0. The van der Waals surface area contributed by atoms with Gasteiger partial charge in [-0.3, -0.25) is 4.79 Å². The largest absolute Gasteiger partial charge is 0.460 e. The predicted molar refractivity (Wildman–Crippen MR) is 128 cm³/mol. The molecule has 5 atom stereocenters. The highest BCUT2D eigenvalue weighted by atomic mass is 16.6. The highest BCUT2D eigenvalue weighted by molar-refractivity contribution is 5.91. The summed E-state index contributed by atoms with van der Waals surface area (Å²) in [5, 5.41) is 2.78. The van der Waals surface area contributed by atoms with Gasteiger partial charge in [-0.25, -0.2) is 9.59 Å². The Kier molecular flexibility index (Phi) is 9.89. The summed E-state index contributed by atoms with van der Waals surface area (Å²) in [6, 6.07) is -1.43. The summed E-state index contributed by atoms with van der Waals surface area (Å²) in [6.45, 7) is 13.7. The van der Waals surface area contributed by atoms with E-state index in [9.17, 15) is 14.4 Å². The molecule has 0 radical (unpaired) electrons. The molecule has 3 N–H and O–H groups in total. The number of rotatable bonds is 8. The summed E-state index contributed by atoms with van der Waals surface area (Å²) in [7, 11) is 0. The number of carbonyl (C=O) groups is 3.